The first-order valence-electron chi connectivity index (χ1n) is 7.28. The van der Waals surface area contributed by atoms with Gasteiger partial charge in [-0.3, -0.25) is 0 Å². The molecule has 0 radical (unpaired) electrons. The maximum Gasteiger partial charge on any atom is 0.0543 e. The SMILES string of the molecule is CNC(CCC(C)OC)C1CCC(C)C(C)C1. The molecule has 0 aromatic heterocycles. The molecule has 1 aliphatic rings. The Kier molecular flexibility index (Phi) is 6.50. The van der Waals surface area contributed by atoms with Gasteiger partial charge in [-0.05, 0) is 57.4 Å². The fourth-order valence-corrected chi connectivity index (χ4v) is 3.10. The van der Waals surface area contributed by atoms with Gasteiger partial charge in [0.25, 0.3) is 0 Å². The van der Waals surface area contributed by atoms with E-state index in [0.29, 0.717) is 12.1 Å². The lowest BCUT2D eigenvalue weighted by molar-refractivity contribution is 0.0977. The fourth-order valence-electron chi connectivity index (χ4n) is 3.10. The fraction of sp³-hybridized carbons (Fsp3) is 1.00. The molecule has 0 saturated heterocycles. The van der Waals surface area contributed by atoms with Crippen molar-refractivity contribution < 1.29 is 4.74 Å². The molecule has 0 bridgehead atoms. The Hall–Kier alpha value is -0.0800. The first kappa shape index (κ1) is 15.0. The van der Waals surface area contributed by atoms with Gasteiger partial charge in [-0.15, -0.1) is 0 Å². The Morgan fingerprint density at radius 3 is 2.41 bits per heavy atom. The van der Waals surface area contributed by atoms with Crippen molar-refractivity contribution in [2.45, 2.75) is 65.0 Å². The molecule has 0 aliphatic heterocycles. The van der Waals surface area contributed by atoms with Crippen molar-refractivity contribution in [2.24, 2.45) is 17.8 Å². The minimum atomic E-state index is 0.394. The van der Waals surface area contributed by atoms with Crippen LogP contribution in [0, 0.1) is 17.8 Å². The second-order valence-electron chi connectivity index (χ2n) is 6.05. The Balaban J connectivity index is 2.39. The van der Waals surface area contributed by atoms with Gasteiger partial charge in [-0.1, -0.05) is 20.3 Å². The van der Waals surface area contributed by atoms with E-state index in [-0.39, 0.29) is 0 Å². The van der Waals surface area contributed by atoms with Gasteiger partial charge in [0.05, 0.1) is 6.10 Å². The number of hydrogen-bond acceptors (Lipinski definition) is 2. The Morgan fingerprint density at radius 1 is 1.18 bits per heavy atom. The lowest BCUT2D eigenvalue weighted by Gasteiger charge is -2.37. The van der Waals surface area contributed by atoms with E-state index >= 15 is 0 Å². The lowest BCUT2D eigenvalue weighted by Crippen LogP contribution is -2.38. The van der Waals surface area contributed by atoms with Crippen LogP contribution in [-0.2, 0) is 4.74 Å². The third-order valence-corrected chi connectivity index (χ3v) is 4.87. The minimum Gasteiger partial charge on any atom is -0.382 e. The Labute approximate surface area is 108 Å². The molecule has 2 nitrogen and oxygen atoms in total. The highest BCUT2D eigenvalue weighted by Crippen LogP contribution is 2.36. The first-order chi connectivity index (χ1) is 8.08. The zero-order valence-electron chi connectivity index (χ0n) is 12.3. The first-order valence-corrected chi connectivity index (χ1v) is 7.28. The molecule has 1 saturated carbocycles. The van der Waals surface area contributed by atoms with Crippen LogP contribution in [0.3, 0.4) is 0 Å². The molecule has 0 amide bonds. The quantitative estimate of drug-likeness (QED) is 0.769. The predicted molar refractivity (Wildman–Crippen MR) is 74.2 cm³/mol. The third-order valence-electron chi connectivity index (χ3n) is 4.87. The summed E-state index contributed by atoms with van der Waals surface area (Å²) in [6.45, 7) is 6.99. The van der Waals surface area contributed by atoms with Gasteiger partial charge in [-0.25, -0.2) is 0 Å². The summed E-state index contributed by atoms with van der Waals surface area (Å²) in [7, 11) is 3.92. The van der Waals surface area contributed by atoms with Crippen LogP contribution in [0.4, 0.5) is 0 Å². The molecule has 0 aromatic rings. The monoisotopic (exact) mass is 241 g/mol. The van der Waals surface area contributed by atoms with E-state index in [1.807, 2.05) is 7.11 Å². The summed E-state index contributed by atoms with van der Waals surface area (Å²) in [5.74, 6) is 2.68. The van der Waals surface area contributed by atoms with E-state index in [2.05, 4.69) is 33.1 Å². The average molecular weight is 241 g/mol. The van der Waals surface area contributed by atoms with E-state index in [1.165, 1.54) is 32.1 Å². The molecule has 1 aliphatic carbocycles. The molecule has 5 atom stereocenters. The van der Waals surface area contributed by atoms with E-state index in [4.69, 9.17) is 4.74 Å². The van der Waals surface area contributed by atoms with Gasteiger partial charge in [0, 0.05) is 13.2 Å². The summed E-state index contributed by atoms with van der Waals surface area (Å²) in [4.78, 5) is 0. The van der Waals surface area contributed by atoms with E-state index in [1.54, 1.807) is 0 Å². The van der Waals surface area contributed by atoms with E-state index < -0.39 is 0 Å². The van der Waals surface area contributed by atoms with E-state index in [9.17, 15) is 0 Å². The van der Waals surface area contributed by atoms with Gasteiger partial charge in [-0.2, -0.15) is 0 Å². The van der Waals surface area contributed by atoms with Gasteiger partial charge >= 0.3 is 0 Å². The summed E-state index contributed by atoms with van der Waals surface area (Å²) >= 11 is 0. The van der Waals surface area contributed by atoms with Crippen LogP contribution >= 0.6 is 0 Å². The number of rotatable bonds is 6. The maximum absolute atomic E-state index is 5.34. The molecule has 102 valence electrons. The van der Waals surface area contributed by atoms with Crippen LogP contribution in [-0.4, -0.2) is 26.3 Å². The topological polar surface area (TPSA) is 21.3 Å². The van der Waals surface area contributed by atoms with Crippen LogP contribution < -0.4 is 5.32 Å². The summed E-state index contributed by atoms with van der Waals surface area (Å²) < 4.78 is 5.34. The second-order valence-corrected chi connectivity index (χ2v) is 6.05. The normalized spacial score (nSPS) is 33.4. The Morgan fingerprint density at radius 2 is 1.88 bits per heavy atom. The Bertz CT molecular complexity index is 207. The highest BCUT2D eigenvalue weighted by atomic mass is 16.5. The standard InChI is InChI=1S/C15H31NO/c1-11-6-8-14(10-12(11)2)15(16-4)9-7-13(3)17-5/h11-16H,6-10H2,1-5H3. The van der Waals surface area contributed by atoms with Crippen LogP contribution in [0.5, 0.6) is 0 Å². The van der Waals surface area contributed by atoms with Gasteiger partial charge in [0.1, 0.15) is 0 Å². The molecule has 0 spiro atoms. The van der Waals surface area contributed by atoms with Crippen LogP contribution in [0.2, 0.25) is 0 Å². The van der Waals surface area contributed by atoms with Crippen molar-refractivity contribution in [1.29, 1.82) is 0 Å². The van der Waals surface area contributed by atoms with Crippen LogP contribution in [0.15, 0.2) is 0 Å². The average Bonchev–Trinajstić information content (AvgIpc) is 2.33. The van der Waals surface area contributed by atoms with E-state index in [0.717, 1.165) is 17.8 Å². The zero-order valence-corrected chi connectivity index (χ0v) is 12.3. The summed E-state index contributed by atoms with van der Waals surface area (Å²) in [5.41, 5.74) is 0. The van der Waals surface area contributed by atoms with Crippen molar-refractivity contribution in [3.05, 3.63) is 0 Å². The summed E-state index contributed by atoms with van der Waals surface area (Å²) in [5, 5.41) is 3.53. The maximum atomic E-state index is 5.34. The molecular formula is C15H31NO. The van der Waals surface area contributed by atoms with Crippen molar-refractivity contribution in [1.82, 2.24) is 5.32 Å². The lowest BCUT2D eigenvalue weighted by atomic mass is 9.72. The molecular weight excluding hydrogens is 210 g/mol. The summed E-state index contributed by atoms with van der Waals surface area (Å²) in [6, 6.07) is 0.683. The molecule has 1 fully saturated rings. The number of hydrogen-bond donors (Lipinski definition) is 1. The zero-order chi connectivity index (χ0) is 12.8. The molecule has 1 rings (SSSR count). The highest BCUT2D eigenvalue weighted by molar-refractivity contribution is 4.83. The molecule has 0 aromatic carbocycles. The molecule has 0 heterocycles. The van der Waals surface area contributed by atoms with Crippen LogP contribution in [0.1, 0.15) is 52.9 Å². The van der Waals surface area contributed by atoms with Crippen molar-refractivity contribution in [3.63, 3.8) is 0 Å². The van der Waals surface area contributed by atoms with Crippen molar-refractivity contribution in [3.8, 4) is 0 Å². The van der Waals surface area contributed by atoms with Gasteiger partial charge < -0.3 is 10.1 Å². The van der Waals surface area contributed by atoms with Crippen molar-refractivity contribution in [2.75, 3.05) is 14.2 Å². The summed E-state index contributed by atoms with van der Waals surface area (Å²) in [6.07, 6.45) is 7.02. The number of methoxy groups -OCH3 is 1. The number of ether oxygens (including phenoxy) is 1. The van der Waals surface area contributed by atoms with Crippen LogP contribution in [0.25, 0.3) is 0 Å². The molecule has 5 unspecified atom stereocenters. The molecule has 17 heavy (non-hydrogen) atoms. The highest BCUT2D eigenvalue weighted by Gasteiger charge is 2.29. The van der Waals surface area contributed by atoms with Gasteiger partial charge in [0.2, 0.25) is 0 Å². The predicted octanol–water partition coefficient (Wildman–Crippen LogP) is 3.46. The third kappa shape index (κ3) is 4.59. The molecule has 2 heteroatoms. The smallest absolute Gasteiger partial charge is 0.0543 e. The number of nitrogens with one attached hydrogen (secondary N) is 1. The van der Waals surface area contributed by atoms with Crippen molar-refractivity contribution >= 4 is 0 Å². The van der Waals surface area contributed by atoms with Gasteiger partial charge in [0.15, 0.2) is 0 Å². The largest absolute Gasteiger partial charge is 0.382 e. The second kappa shape index (κ2) is 7.38. The minimum absolute atomic E-state index is 0.394. The molecule has 1 N–H and O–H groups in total.